The molecule has 0 saturated carbocycles. The molecule has 2 heterocycles. The lowest BCUT2D eigenvalue weighted by Gasteiger charge is -2.18. The Morgan fingerprint density at radius 1 is 1.03 bits per heavy atom. The van der Waals surface area contributed by atoms with Crippen LogP contribution in [-0.2, 0) is 12.8 Å². The predicted octanol–water partition coefficient (Wildman–Crippen LogP) is 5.98. The number of ketones is 1. The number of aromatic nitrogens is 1. The van der Waals surface area contributed by atoms with Crippen LogP contribution in [0.4, 0.5) is 0 Å². The van der Waals surface area contributed by atoms with E-state index in [0.29, 0.717) is 23.6 Å². The molecule has 0 spiro atoms. The molecule has 0 amide bonds. The van der Waals surface area contributed by atoms with Crippen LogP contribution in [0.3, 0.4) is 0 Å². The van der Waals surface area contributed by atoms with Gasteiger partial charge in [0, 0.05) is 18.3 Å². The predicted molar refractivity (Wildman–Crippen MR) is 133 cm³/mol. The number of ether oxygens (including phenoxy) is 1. The van der Waals surface area contributed by atoms with E-state index in [-0.39, 0.29) is 5.78 Å². The highest BCUT2D eigenvalue weighted by Gasteiger charge is 2.25. The van der Waals surface area contributed by atoms with Crippen molar-refractivity contribution in [2.75, 3.05) is 26.2 Å². The molecule has 1 fully saturated rings. The Morgan fingerprint density at radius 2 is 1.76 bits per heavy atom. The fraction of sp³-hybridized carbons (Fsp3) is 0.357. The monoisotopic (exact) mass is 462 g/mol. The van der Waals surface area contributed by atoms with Gasteiger partial charge in [0.05, 0.1) is 16.6 Å². The van der Waals surface area contributed by atoms with E-state index >= 15 is 0 Å². The van der Waals surface area contributed by atoms with E-state index in [4.69, 9.17) is 16.3 Å². The van der Waals surface area contributed by atoms with Crippen LogP contribution in [-0.4, -0.2) is 41.9 Å². The standard InChI is InChI=1S/C28H31ClN2O2/c1-2-21-11-14-27(30-20-21)25(28(32)24-7-3-4-8-26(24)29)19-22-9-12-23(13-10-22)33-18-17-31-15-5-6-16-31/h3-4,7-14,20,25H,2,5-6,15-19H2,1H3/t25-/m0/s1. The Kier molecular flexibility index (Phi) is 8.14. The normalized spacial score (nSPS) is 14.8. The molecule has 1 aliphatic rings. The van der Waals surface area contributed by atoms with Crippen molar-refractivity contribution < 1.29 is 9.53 Å². The SMILES string of the molecule is CCc1ccc([C@H](Cc2ccc(OCCN3CCCC3)cc2)C(=O)c2ccccc2Cl)nc1. The summed E-state index contributed by atoms with van der Waals surface area (Å²) < 4.78 is 5.93. The molecule has 1 aromatic heterocycles. The van der Waals surface area contributed by atoms with E-state index in [1.54, 1.807) is 12.1 Å². The molecule has 4 rings (SSSR count). The summed E-state index contributed by atoms with van der Waals surface area (Å²) in [4.78, 5) is 20.6. The second-order valence-electron chi connectivity index (χ2n) is 8.59. The number of rotatable bonds is 10. The third-order valence-electron chi connectivity index (χ3n) is 6.31. The van der Waals surface area contributed by atoms with Crippen LogP contribution < -0.4 is 4.74 Å². The highest BCUT2D eigenvalue weighted by atomic mass is 35.5. The lowest BCUT2D eigenvalue weighted by atomic mass is 9.88. The van der Waals surface area contributed by atoms with Gasteiger partial charge in [0.25, 0.3) is 0 Å². The van der Waals surface area contributed by atoms with E-state index in [2.05, 4.69) is 16.8 Å². The topological polar surface area (TPSA) is 42.4 Å². The van der Waals surface area contributed by atoms with Gasteiger partial charge in [-0.15, -0.1) is 0 Å². The zero-order valence-corrected chi connectivity index (χ0v) is 19.9. The average molecular weight is 463 g/mol. The molecule has 172 valence electrons. The van der Waals surface area contributed by atoms with Gasteiger partial charge < -0.3 is 4.74 Å². The van der Waals surface area contributed by atoms with Crippen molar-refractivity contribution in [1.82, 2.24) is 9.88 Å². The van der Waals surface area contributed by atoms with Gasteiger partial charge in [-0.1, -0.05) is 48.9 Å². The minimum absolute atomic E-state index is 0.0108. The number of carbonyl (C=O) groups is 1. The molecular formula is C28H31ClN2O2. The molecule has 1 aliphatic heterocycles. The number of likely N-dealkylation sites (tertiary alicyclic amines) is 1. The Bertz CT molecular complexity index is 1040. The second-order valence-corrected chi connectivity index (χ2v) is 8.99. The summed E-state index contributed by atoms with van der Waals surface area (Å²) in [6, 6.07) is 19.3. The number of carbonyl (C=O) groups excluding carboxylic acids is 1. The van der Waals surface area contributed by atoms with Crippen LogP contribution in [0.1, 0.15) is 52.9 Å². The van der Waals surface area contributed by atoms with E-state index in [0.717, 1.165) is 35.5 Å². The summed E-state index contributed by atoms with van der Waals surface area (Å²) in [7, 11) is 0. The molecule has 0 bridgehead atoms. The van der Waals surface area contributed by atoms with E-state index < -0.39 is 5.92 Å². The maximum Gasteiger partial charge on any atom is 0.173 e. The fourth-order valence-electron chi connectivity index (χ4n) is 4.29. The van der Waals surface area contributed by atoms with Crippen LogP contribution in [0.25, 0.3) is 0 Å². The Labute approximate surface area is 201 Å². The Morgan fingerprint density at radius 3 is 2.42 bits per heavy atom. The van der Waals surface area contributed by atoms with Crippen molar-refractivity contribution in [3.8, 4) is 5.75 Å². The maximum absolute atomic E-state index is 13.5. The fourth-order valence-corrected chi connectivity index (χ4v) is 4.52. The summed E-state index contributed by atoms with van der Waals surface area (Å²) in [5.74, 6) is 0.443. The summed E-state index contributed by atoms with van der Waals surface area (Å²) >= 11 is 6.36. The molecule has 5 heteroatoms. The van der Waals surface area contributed by atoms with E-state index in [1.807, 2.05) is 54.7 Å². The van der Waals surface area contributed by atoms with Crippen molar-refractivity contribution in [1.29, 1.82) is 0 Å². The van der Waals surface area contributed by atoms with Crippen LogP contribution in [0, 0.1) is 0 Å². The van der Waals surface area contributed by atoms with Gasteiger partial charge in [0.15, 0.2) is 5.78 Å². The highest BCUT2D eigenvalue weighted by Crippen LogP contribution is 2.28. The van der Waals surface area contributed by atoms with E-state index in [9.17, 15) is 4.79 Å². The van der Waals surface area contributed by atoms with Crippen LogP contribution in [0.15, 0.2) is 66.9 Å². The number of Topliss-reactive ketones (excluding diaryl/α,β-unsaturated/α-hetero) is 1. The van der Waals surface area contributed by atoms with Gasteiger partial charge in [-0.05, 0) is 80.2 Å². The third kappa shape index (κ3) is 6.21. The lowest BCUT2D eigenvalue weighted by molar-refractivity contribution is 0.0957. The minimum atomic E-state index is -0.405. The molecule has 4 nitrogen and oxygen atoms in total. The lowest BCUT2D eigenvalue weighted by Crippen LogP contribution is -2.25. The first-order valence-electron chi connectivity index (χ1n) is 11.8. The van der Waals surface area contributed by atoms with Crippen LogP contribution in [0.5, 0.6) is 5.75 Å². The number of hydrogen-bond acceptors (Lipinski definition) is 4. The molecule has 0 radical (unpaired) electrons. The molecule has 0 aliphatic carbocycles. The summed E-state index contributed by atoms with van der Waals surface area (Å²) in [5, 5.41) is 0.472. The summed E-state index contributed by atoms with van der Waals surface area (Å²) in [6.07, 6.45) is 5.91. The number of pyridine rings is 1. The van der Waals surface area contributed by atoms with Gasteiger partial charge >= 0.3 is 0 Å². The van der Waals surface area contributed by atoms with Crippen molar-refractivity contribution in [3.05, 3.63) is 94.3 Å². The summed E-state index contributed by atoms with van der Waals surface area (Å²) in [6.45, 7) is 6.11. The van der Waals surface area contributed by atoms with Crippen LogP contribution in [0.2, 0.25) is 5.02 Å². The molecule has 3 aromatic rings. The molecule has 1 atom stereocenters. The van der Waals surface area contributed by atoms with Gasteiger partial charge in [-0.2, -0.15) is 0 Å². The summed E-state index contributed by atoms with van der Waals surface area (Å²) in [5.41, 5.74) is 3.52. The van der Waals surface area contributed by atoms with Gasteiger partial charge in [-0.3, -0.25) is 14.7 Å². The number of hydrogen-bond donors (Lipinski definition) is 0. The smallest absolute Gasteiger partial charge is 0.173 e. The molecule has 1 saturated heterocycles. The van der Waals surface area contributed by atoms with Gasteiger partial charge in [-0.25, -0.2) is 0 Å². The van der Waals surface area contributed by atoms with Gasteiger partial charge in [0.1, 0.15) is 12.4 Å². The number of nitrogens with zero attached hydrogens (tertiary/aromatic N) is 2. The average Bonchev–Trinajstić information content (AvgIpc) is 3.37. The first-order valence-corrected chi connectivity index (χ1v) is 12.2. The first-order chi connectivity index (χ1) is 16.1. The Hall–Kier alpha value is -2.69. The molecule has 0 N–H and O–H groups in total. The molecule has 2 aromatic carbocycles. The maximum atomic E-state index is 13.5. The zero-order valence-electron chi connectivity index (χ0n) is 19.2. The van der Waals surface area contributed by atoms with Crippen molar-refractivity contribution in [2.45, 2.75) is 38.5 Å². The minimum Gasteiger partial charge on any atom is -0.492 e. The molecular weight excluding hydrogens is 432 g/mol. The second kappa shape index (κ2) is 11.4. The molecule has 0 unspecified atom stereocenters. The zero-order chi connectivity index (χ0) is 23.0. The van der Waals surface area contributed by atoms with Gasteiger partial charge in [0.2, 0.25) is 0 Å². The highest BCUT2D eigenvalue weighted by molar-refractivity contribution is 6.34. The number of aryl methyl sites for hydroxylation is 1. The number of halogens is 1. The van der Waals surface area contributed by atoms with Crippen LogP contribution >= 0.6 is 11.6 Å². The van der Waals surface area contributed by atoms with Crippen molar-refractivity contribution >= 4 is 17.4 Å². The Balaban J connectivity index is 1.48. The largest absolute Gasteiger partial charge is 0.492 e. The third-order valence-corrected chi connectivity index (χ3v) is 6.64. The first kappa shape index (κ1) is 23.5. The van der Waals surface area contributed by atoms with Crippen molar-refractivity contribution in [2.24, 2.45) is 0 Å². The van der Waals surface area contributed by atoms with E-state index in [1.165, 1.54) is 25.9 Å². The number of benzene rings is 2. The molecule has 33 heavy (non-hydrogen) atoms. The quantitative estimate of drug-likeness (QED) is 0.347. The van der Waals surface area contributed by atoms with Crippen molar-refractivity contribution in [3.63, 3.8) is 0 Å².